The fourth-order valence-corrected chi connectivity index (χ4v) is 2.07. The molecule has 1 heterocycles. The van der Waals surface area contributed by atoms with Crippen LogP contribution in [0.4, 0.5) is 0 Å². The molecule has 0 bridgehead atoms. The van der Waals surface area contributed by atoms with Crippen molar-refractivity contribution < 1.29 is 9.90 Å². The molecule has 14 heavy (non-hydrogen) atoms. The van der Waals surface area contributed by atoms with Gasteiger partial charge in [0.15, 0.2) is 0 Å². The number of likely N-dealkylation sites (tertiary alicyclic amines) is 1. The third kappa shape index (κ3) is 3.29. The van der Waals surface area contributed by atoms with Gasteiger partial charge in [-0.05, 0) is 46.2 Å². The molecule has 82 valence electrons. The molecule has 3 nitrogen and oxygen atoms in total. The molecule has 1 aliphatic rings. The summed E-state index contributed by atoms with van der Waals surface area (Å²) in [4.78, 5) is 12.9. The van der Waals surface area contributed by atoms with E-state index in [1.54, 1.807) is 0 Å². The zero-order chi connectivity index (χ0) is 10.6. The van der Waals surface area contributed by atoms with E-state index in [-0.39, 0.29) is 12.0 Å². The summed E-state index contributed by atoms with van der Waals surface area (Å²) in [5, 5.41) is 8.66. The van der Waals surface area contributed by atoms with Crippen LogP contribution in [0.25, 0.3) is 0 Å². The Labute approximate surface area is 86.1 Å². The van der Waals surface area contributed by atoms with Gasteiger partial charge in [0.1, 0.15) is 0 Å². The van der Waals surface area contributed by atoms with Gasteiger partial charge in [-0.2, -0.15) is 0 Å². The van der Waals surface area contributed by atoms with E-state index in [0.29, 0.717) is 0 Å². The standard InChI is InChI=1S/C11H21NO2/c1-11(2,7-6-10(13)14)12-8-4-3-5-9-12/h3-9H2,1-2H3,(H,13,14). The van der Waals surface area contributed by atoms with Gasteiger partial charge in [0.2, 0.25) is 0 Å². The fourth-order valence-electron chi connectivity index (χ4n) is 2.07. The summed E-state index contributed by atoms with van der Waals surface area (Å²) in [7, 11) is 0. The summed E-state index contributed by atoms with van der Waals surface area (Å²) in [5.74, 6) is -0.685. The Morgan fingerprint density at radius 2 is 1.86 bits per heavy atom. The average Bonchev–Trinajstić information content (AvgIpc) is 2.16. The van der Waals surface area contributed by atoms with Crippen molar-refractivity contribution in [1.29, 1.82) is 0 Å². The minimum absolute atomic E-state index is 0.0544. The fraction of sp³-hybridized carbons (Fsp3) is 0.909. The molecule has 0 aromatic heterocycles. The smallest absolute Gasteiger partial charge is 0.303 e. The topological polar surface area (TPSA) is 40.5 Å². The second-order valence-electron chi connectivity index (χ2n) is 4.75. The second kappa shape index (κ2) is 4.78. The number of carboxylic acid groups (broad SMARTS) is 1. The lowest BCUT2D eigenvalue weighted by Gasteiger charge is -2.40. The third-order valence-electron chi connectivity index (χ3n) is 3.16. The lowest BCUT2D eigenvalue weighted by molar-refractivity contribution is -0.137. The van der Waals surface area contributed by atoms with Crippen molar-refractivity contribution in [2.45, 2.75) is 51.5 Å². The summed E-state index contributed by atoms with van der Waals surface area (Å²) in [6.07, 6.45) is 4.88. The van der Waals surface area contributed by atoms with Crippen molar-refractivity contribution in [2.24, 2.45) is 0 Å². The van der Waals surface area contributed by atoms with E-state index in [4.69, 9.17) is 5.11 Å². The summed E-state index contributed by atoms with van der Waals surface area (Å²) in [6.45, 7) is 6.57. The molecule has 1 saturated heterocycles. The van der Waals surface area contributed by atoms with Gasteiger partial charge in [-0.25, -0.2) is 0 Å². The molecule has 3 heteroatoms. The normalized spacial score (nSPS) is 19.6. The maximum atomic E-state index is 10.5. The van der Waals surface area contributed by atoms with Crippen molar-refractivity contribution in [3.63, 3.8) is 0 Å². The first-order valence-corrected chi connectivity index (χ1v) is 5.49. The minimum Gasteiger partial charge on any atom is -0.481 e. The van der Waals surface area contributed by atoms with Crippen LogP contribution in [0.3, 0.4) is 0 Å². The van der Waals surface area contributed by atoms with Crippen molar-refractivity contribution in [3.05, 3.63) is 0 Å². The van der Waals surface area contributed by atoms with Crippen LogP contribution in [-0.4, -0.2) is 34.6 Å². The maximum absolute atomic E-state index is 10.5. The number of piperidine rings is 1. The molecule has 0 unspecified atom stereocenters. The van der Waals surface area contributed by atoms with Gasteiger partial charge in [0, 0.05) is 12.0 Å². The Morgan fingerprint density at radius 3 is 2.36 bits per heavy atom. The molecular weight excluding hydrogens is 178 g/mol. The zero-order valence-corrected chi connectivity index (χ0v) is 9.25. The van der Waals surface area contributed by atoms with Gasteiger partial charge >= 0.3 is 5.97 Å². The molecule has 1 aliphatic heterocycles. The van der Waals surface area contributed by atoms with E-state index in [0.717, 1.165) is 19.5 Å². The molecule has 1 fully saturated rings. The monoisotopic (exact) mass is 199 g/mol. The summed E-state index contributed by atoms with van der Waals surface area (Å²) in [6, 6.07) is 0. The van der Waals surface area contributed by atoms with Gasteiger partial charge in [-0.15, -0.1) is 0 Å². The number of carbonyl (C=O) groups is 1. The van der Waals surface area contributed by atoms with Crippen LogP contribution < -0.4 is 0 Å². The van der Waals surface area contributed by atoms with Crippen LogP contribution in [0, 0.1) is 0 Å². The second-order valence-corrected chi connectivity index (χ2v) is 4.75. The molecule has 0 radical (unpaired) electrons. The van der Waals surface area contributed by atoms with Crippen LogP contribution in [0.15, 0.2) is 0 Å². The van der Waals surface area contributed by atoms with Crippen molar-refractivity contribution >= 4 is 5.97 Å². The highest BCUT2D eigenvalue weighted by molar-refractivity contribution is 5.66. The van der Waals surface area contributed by atoms with E-state index in [1.165, 1.54) is 19.3 Å². The molecule has 0 aromatic rings. The van der Waals surface area contributed by atoms with E-state index >= 15 is 0 Å². The highest BCUT2D eigenvalue weighted by Gasteiger charge is 2.27. The molecule has 1 N–H and O–H groups in total. The first-order chi connectivity index (χ1) is 6.52. The number of nitrogens with zero attached hydrogens (tertiary/aromatic N) is 1. The molecule has 0 saturated carbocycles. The van der Waals surface area contributed by atoms with E-state index in [2.05, 4.69) is 18.7 Å². The lowest BCUT2D eigenvalue weighted by atomic mass is 9.93. The maximum Gasteiger partial charge on any atom is 0.303 e. The van der Waals surface area contributed by atoms with Crippen LogP contribution >= 0.6 is 0 Å². The van der Waals surface area contributed by atoms with E-state index < -0.39 is 5.97 Å². The molecular formula is C11H21NO2. The number of carboxylic acids is 1. The predicted molar refractivity (Wildman–Crippen MR) is 56.4 cm³/mol. The zero-order valence-electron chi connectivity index (χ0n) is 9.25. The first-order valence-electron chi connectivity index (χ1n) is 5.49. The van der Waals surface area contributed by atoms with Gasteiger partial charge in [0.05, 0.1) is 0 Å². The number of hydrogen-bond donors (Lipinski definition) is 1. The van der Waals surface area contributed by atoms with Gasteiger partial charge in [-0.1, -0.05) is 6.42 Å². The lowest BCUT2D eigenvalue weighted by Crippen LogP contribution is -2.46. The van der Waals surface area contributed by atoms with Crippen LogP contribution in [-0.2, 0) is 4.79 Å². The van der Waals surface area contributed by atoms with E-state index in [9.17, 15) is 4.79 Å². The average molecular weight is 199 g/mol. The molecule has 0 spiro atoms. The van der Waals surface area contributed by atoms with Crippen LogP contribution in [0.2, 0.25) is 0 Å². The SMILES string of the molecule is CC(C)(CCC(=O)O)N1CCCCC1. The quantitative estimate of drug-likeness (QED) is 0.754. The van der Waals surface area contributed by atoms with Gasteiger partial charge < -0.3 is 5.11 Å². The predicted octanol–water partition coefficient (Wildman–Crippen LogP) is 2.12. The minimum atomic E-state index is -0.685. The molecule has 0 aromatic carbocycles. The van der Waals surface area contributed by atoms with Gasteiger partial charge in [0.25, 0.3) is 0 Å². The first kappa shape index (κ1) is 11.5. The highest BCUT2D eigenvalue weighted by Crippen LogP contribution is 2.24. The molecule has 0 amide bonds. The molecule has 0 atom stereocenters. The van der Waals surface area contributed by atoms with Crippen LogP contribution in [0.5, 0.6) is 0 Å². The van der Waals surface area contributed by atoms with E-state index in [1.807, 2.05) is 0 Å². The summed E-state index contributed by atoms with van der Waals surface area (Å²) >= 11 is 0. The largest absolute Gasteiger partial charge is 0.481 e. The summed E-state index contributed by atoms with van der Waals surface area (Å²) in [5.41, 5.74) is 0.0544. The number of rotatable bonds is 4. The molecule has 1 rings (SSSR count). The van der Waals surface area contributed by atoms with Crippen molar-refractivity contribution in [2.75, 3.05) is 13.1 Å². The van der Waals surface area contributed by atoms with Gasteiger partial charge in [-0.3, -0.25) is 9.69 Å². The third-order valence-corrected chi connectivity index (χ3v) is 3.16. The highest BCUT2D eigenvalue weighted by atomic mass is 16.4. The number of hydrogen-bond acceptors (Lipinski definition) is 2. The Kier molecular flexibility index (Phi) is 3.93. The number of aliphatic carboxylic acids is 1. The van der Waals surface area contributed by atoms with Crippen molar-refractivity contribution in [1.82, 2.24) is 4.90 Å². The summed E-state index contributed by atoms with van der Waals surface area (Å²) < 4.78 is 0. The van der Waals surface area contributed by atoms with Crippen LogP contribution in [0.1, 0.15) is 46.0 Å². The Hall–Kier alpha value is -0.570. The molecule has 0 aliphatic carbocycles. The Bertz CT molecular complexity index is 195. The van der Waals surface area contributed by atoms with Crippen molar-refractivity contribution in [3.8, 4) is 0 Å². The Morgan fingerprint density at radius 1 is 1.29 bits per heavy atom. The Balaban J connectivity index is 2.41.